The second-order valence-corrected chi connectivity index (χ2v) is 5.11. The maximum atomic E-state index is 11.8. The Balaban J connectivity index is 1.93. The van der Waals surface area contributed by atoms with Gasteiger partial charge in [0.25, 0.3) is 0 Å². The monoisotopic (exact) mass is 288 g/mol. The summed E-state index contributed by atoms with van der Waals surface area (Å²) in [6, 6.07) is 5.09. The van der Waals surface area contributed by atoms with E-state index in [9.17, 15) is 9.90 Å². The van der Waals surface area contributed by atoms with Crippen LogP contribution < -0.4 is 5.32 Å². The van der Waals surface area contributed by atoms with Gasteiger partial charge in [-0.15, -0.1) is 0 Å². The van der Waals surface area contributed by atoms with Gasteiger partial charge in [0.1, 0.15) is 0 Å². The van der Waals surface area contributed by atoms with Gasteiger partial charge < -0.3 is 10.4 Å². The second kappa shape index (κ2) is 5.89. The first-order valence-electron chi connectivity index (χ1n) is 5.70. The normalized spacial score (nSPS) is 20.1. The van der Waals surface area contributed by atoms with Crippen LogP contribution in [0.3, 0.4) is 0 Å². The molecule has 4 nitrogen and oxygen atoms in total. The average Bonchev–Trinajstić information content (AvgIpc) is 2.70. The number of aliphatic hydroxyl groups excluding tert-OH is 1. The summed E-state index contributed by atoms with van der Waals surface area (Å²) >= 11 is 11.8. The van der Waals surface area contributed by atoms with Crippen molar-refractivity contribution in [3.05, 3.63) is 28.2 Å². The van der Waals surface area contributed by atoms with Crippen molar-refractivity contribution in [3.63, 3.8) is 0 Å². The fourth-order valence-electron chi connectivity index (χ4n) is 1.95. The van der Waals surface area contributed by atoms with Crippen molar-refractivity contribution in [1.29, 1.82) is 0 Å². The minimum atomic E-state index is -0.326. The first-order valence-corrected chi connectivity index (χ1v) is 6.46. The van der Waals surface area contributed by atoms with Gasteiger partial charge in [-0.05, 0) is 18.6 Å². The quantitative estimate of drug-likeness (QED) is 0.895. The lowest BCUT2D eigenvalue weighted by Crippen LogP contribution is -2.32. The molecule has 1 unspecified atom stereocenters. The van der Waals surface area contributed by atoms with Crippen LogP contribution in [0, 0.1) is 0 Å². The van der Waals surface area contributed by atoms with Crippen LogP contribution in [0.1, 0.15) is 6.42 Å². The summed E-state index contributed by atoms with van der Waals surface area (Å²) in [5, 5.41) is 12.8. The van der Waals surface area contributed by atoms with Crippen molar-refractivity contribution in [1.82, 2.24) is 4.90 Å². The van der Waals surface area contributed by atoms with Crippen LogP contribution >= 0.6 is 23.2 Å². The lowest BCUT2D eigenvalue weighted by atomic mass is 10.3. The molecule has 1 aliphatic rings. The molecule has 1 fully saturated rings. The Morgan fingerprint density at radius 1 is 1.50 bits per heavy atom. The molecule has 1 saturated heterocycles. The molecule has 1 amide bonds. The fourth-order valence-corrected chi connectivity index (χ4v) is 2.30. The van der Waals surface area contributed by atoms with Gasteiger partial charge in [0.05, 0.1) is 28.4 Å². The predicted octanol–water partition coefficient (Wildman–Crippen LogP) is 2.00. The minimum absolute atomic E-state index is 0.159. The van der Waals surface area contributed by atoms with Gasteiger partial charge in [0.2, 0.25) is 5.91 Å². The molecule has 0 aliphatic carbocycles. The number of hydrogen-bond donors (Lipinski definition) is 2. The van der Waals surface area contributed by atoms with E-state index in [2.05, 4.69) is 5.32 Å². The molecule has 0 spiro atoms. The molecular formula is C12H14Cl2N2O2. The Hall–Kier alpha value is -0.810. The number of hydrogen-bond acceptors (Lipinski definition) is 3. The van der Waals surface area contributed by atoms with E-state index in [-0.39, 0.29) is 18.6 Å². The Morgan fingerprint density at radius 2 is 2.28 bits per heavy atom. The van der Waals surface area contributed by atoms with Gasteiger partial charge in [0.15, 0.2) is 0 Å². The first-order chi connectivity index (χ1) is 8.56. The lowest BCUT2D eigenvalue weighted by molar-refractivity contribution is -0.117. The predicted molar refractivity (Wildman–Crippen MR) is 72.2 cm³/mol. The summed E-state index contributed by atoms with van der Waals surface area (Å²) in [6.07, 6.45) is 0.387. The van der Waals surface area contributed by atoms with Crippen molar-refractivity contribution < 1.29 is 9.90 Å². The van der Waals surface area contributed by atoms with E-state index in [1.165, 1.54) is 0 Å². The third-order valence-corrected chi connectivity index (χ3v) is 3.66. The molecule has 98 valence electrons. The van der Waals surface area contributed by atoms with E-state index >= 15 is 0 Å². The van der Waals surface area contributed by atoms with Gasteiger partial charge in [-0.25, -0.2) is 0 Å². The maximum absolute atomic E-state index is 11.8. The number of likely N-dealkylation sites (tertiary alicyclic amines) is 1. The topological polar surface area (TPSA) is 52.6 Å². The third-order valence-electron chi connectivity index (χ3n) is 2.84. The number of benzene rings is 1. The Kier molecular flexibility index (Phi) is 4.45. The molecule has 0 bridgehead atoms. The first kappa shape index (κ1) is 13.6. The Labute approximate surface area is 115 Å². The number of halogens is 2. The molecule has 0 saturated carbocycles. The van der Waals surface area contributed by atoms with E-state index in [1.54, 1.807) is 18.2 Å². The third kappa shape index (κ3) is 3.36. The number of carbonyl (C=O) groups excluding carboxylic acids is 1. The van der Waals surface area contributed by atoms with Crippen molar-refractivity contribution in [2.45, 2.75) is 12.5 Å². The van der Waals surface area contributed by atoms with Gasteiger partial charge in [-0.3, -0.25) is 9.69 Å². The largest absolute Gasteiger partial charge is 0.392 e. The SMILES string of the molecule is O=C(CN1CCC(O)C1)Nc1cccc(Cl)c1Cl. The smallest absolute Gasteiger partial charge is 0.238 e. The fraction of sp³-hybridized carbons (Fsp3) is 0.417. The second-order valence-electron chi connectivity index (χ2n) is 4.33. The molecule has 1 aliphatic heterocycles. The van der Waals surface area contributed by atoms with E-state index in [0.29, 0.717) is 28.7 Å². The van der Waals surface area contributed by atoms with E-state index in [4.69, 9.17) is 23.2 Å². The number of anilines is 1. The number of nitrogens with zero attached hydrogens (tertiary/aromatic N) is 1. The number of β-amino-alcohol motifs (C(OH)–C–C–N with tert-alkyl or cyclic N) is 1. The molecule has 2 rings (SSSR count). The molecule has 2 N–H and O–H groups in total. The summed E-state index contributed by atoms with van der Waals surface area (Å²) in [5.41, 5.74) is 0.508. The molecule has 1 heterocycles. The van der Waals surface area contributed by atoms with Crippen LogP contribution in [-0.4, -0.2) is 41.7 Å². The van der Waals surface area contributed by atoms with Crippen molar-refractivity contribution in [2.75, 3.05) is 25.0 Å². The van der Waals surface area contributed by atoms with Crippen LogP contribution in [-0.2, 0) is 4.79 Å². The Morgan fingerprint density at radius 3 is 2.94 bits per heavy atom. The van der Waals surface area contributed by atoms with Crippen LogP contribution in [0.25, 0.3) is 0 Å². The van der Waals surface area contributed by atoms with Gasteiger partial charge in [-0.2, -0.15) is 0 Å². The molecule has 0 aromatic heterocycles. The molecule has 0 radical (unpaired) electrons. The zero-order chi connectivity index (χ0) is 13.1. The molecule has 18 heavy (non-hydrogen) atoms. The summed E-state index contributed by atoms with van der Waals surface area (Å²) in [6.45, 7) is 1.52. The standard InChI is InChI=1S/C12H14Cl2N2O2/c13-9-2-1-3-10(12(9)14)15-11(18)7-16-5-4-8(17)6-16/h1-3,8,17H,4-7H2,(H,15,18). The van der Waals surface area contributed by atoms with Crippen LogP contribution in [0.5, 0.6) is 0 Å². The summed E-state index contributed by atoms with van der Waals surface area (Å²) in [7, 11) is 0. The number of aliphatic hydroxyl groups is 1. The van der Waals surface area contributed by atoms with E-state index < -0.39 is 0 Å². The number of rotatable bonds is 3. The Bertz CT molecular complexity index is 454. The molecule has 1 atom stereocenters. The van der Waals surface area contributed by atoms with Crippen molar-refractivity contribution >= 4 is 34.8 Å². The van der Waals surface area contributed by atoms with Crippen molar-refractivity contribution in [3.8, 4) is 0 Å². The molecule has 1 aromatic carbocycles. The molecule has 1 aromatic rings. The lowest BCUT2D eigenvalue weighted by Gasteiger charge is -2.15. The highest BCUT2D eigenvalue weighted by Crippen LogP contribution is 2.29. The molecule has 6 heteroatoms. The molecular weight excluding hydrogens is 275 g/mol. The van der Waals surface area contributed by atoms with Crippen molar-refractivity contribution in [2.24, 2.45) is 0 Å². The highest BCUT2D eigenvalue weighted by atomic mass is 35.5. The van der Waals surface area contributed by atoms with Gasteiger partial charge in [0, 0.05) is 13.1 Å². The maximum Gasteiger partial charge on any atom is 0.238 e. The summed E-state index contributed by atoms with van der Waals surface area (Å²) in [4.78, 5) is 13.7. The number of amides is 1. The van der Waals surface area contributed by atoms with Crippen LogP contribution in [0.2, 0.25) is 10.0 Å². The van der Waals surface area contributed by atoms with Crippen LogP contribution in [0.4, 0.5) is 5.69 Å². The zero-order valence-corrected chi connectivity index (χ0v) is 11.2. The highest BCUT2D eigenvalue weighted by Gasteiger charge is 2.22. The minimum Gasteiger partial charge on any atom is -0.392 e. The summed E-state index contributed by atoms with van der Waals surface area (Å²) in [5.74, 6) is -0.159. The van der Waals surface area contributed by atoms with E-state index in [0.717, 1.165) is 6.54 Å². The number of carbonyl (C=O) groups is 1. The van der Waals surface area contributed by atoms with Gasteiger partial charge in [-0.1, -0.05) is 29.3 Å². The zero-order valence-electron chi connectivity index (χ0n) is 9.70. The van der Waals surface area contributed by atoms with Crippen LogP contribution in [0.15, 0.2) is 18.2 Å². The average molecular weight is 289 g/mol. The summed E-state index contributed by atoms with van der Waals surface area (Å²) < 4.78 is 0. The van der Waals surface area contributed by atoms with E-state index in [1.807, 2.05) is 4.90 Å². The highest BCUT2D eigenvalue weighted by molar-refractivity contribution is 6.43. The van der Waals surface area contributed by atoms with Gasteiger partial charge >= 0.3 is 0 Å². The number of nitrogens with one attached hydrogen (secondary N) is 1.